The van der Waals surface area contributed by atoms with Crippen molar-refractivity contribution in [2.45, 2.75) is 12.8 Å². The fourth-order valence-electron chi connectivity index (χ4n) is 3.88. The number of benzene rings is 2. The molecule has 0 saturated carbocycles. The summed E-state index contributed by atoms with van der Waals surface area (Å²) in [6.45, 7) is 2.84. The lowest BCUT2D eigenvalue weighted by molar-refractivity contribution is 0.216. The van der Waals surface area contributed by atoms with E-state index < -0.39 is 0 Å². The molecule has 7 heteroatoms. The lowest BCUT2D eigenvalue weighted by Crippen LogP contribution is -2.30. The summed E-state index contributed by atoms with van der Waals surface area (Å²) in [6.07, 6.45) is 6.00. The third-order valence-corrected chi connectivity index (χ3v) is 6.51. The van der Waals surface area contributed by atoms with Crippen molar-refractivity contribution in [2.75, 3.05) is 31.6 Å². The Morgan fingerprint density at radius 3 is 2.74 bits per heavy atom. The zero-order chi connectivity index (χ0) is 21.0. The quantitative estimate of drug-likeness (QED) is 0.469. The second kappa shape index (κ2) is 8.99. The second-order valence-corrected chi connectivity index (χ2v) is 8.71. The molecule has 158 valence electrons. The lowest BCUT2D eigenvalue weighted by atomic mass is 9.99. The summed E-state index contributed by atoms with van der Waals surface area (Å²) < 4.78 is 6.36. The van der Waals surface area contributed by atoms with E-state index in [0.717, 1.165) is 58.8 Å². The van der Waals surface area contributed by atoms with E-state index in [4.69, 9.17) is 9.72 Å². The first-order valence-corrected chi connectivity index (χ1v) is 11.5. The van der Waals surface area contributed by atoms with E-state index >= 15 is 0 Å². The highest BCUT2D eigenvalue weighted by Gasteiger charge is 2.17. The summed E-state index contributed by atoms with van der Waals surface area (Å²) in [5.41, 5.74) is 2.92. The van der Waals surface area contributed by atoms with Crippen molar-refractivity contribution in [1.29, 1.82) is 0 Å². The smallest absolute Gasteiger partial charge is 0.230 e. The van der Waals surface area contributed by atoms with Gasteiger partial charge in [-0.3, -0.25) is 0 Å². The molecule has 0 bridgehead atoms. The molecule has 0 radical (unpaired) electrons. The van der Waals surface area contributed by atoms with Crippen molar-refractivity contribution in [3.63, 3.8) is 0 Å². The van der Waals surface area contributed by atoms with Crippen molar-refractivity contribution in [3.05, 3.63) is 60.2 Å². The number of para-hydroxylation sites is 1. The topological polar surface area (TPSA) is 63.2 Å². The van der Waals surface area contributed by atoms with E-state index in [1.807, 2.05) is 66.1 Å². The van der Waals surface area contributed by atoms with Crippen LogP contribution < -0.4 is 15.0 Å². The van der Waals surface area contributed by atoms with Gasteiger partial charge >= 0.3 is 0 Å². The van der Waals surface area contributed by atoms with Crippen LogP contribution in [0.1, 0.15) is 12.8 Å². The van der Waals surface area contributed by atoms with Gasteiger partial charge < -0.3 is 15.0 Å². The molecule has 0 spiro atoms. The minimum atomic E-state index is 0.575. The highest BCUT2D eigenvalue weighted by Crippen LogP contribution is 2.36. The summed E-state index contributed by atoms with van der Waals surface area (Å²) in [5.74, 6) is 2.07. The standard InChI is InChI=1S/C24H25N5OS/c1-29(19-5-3-2-4-6-19)24-27-15-18-13-20(23-26-11-12-31-23)22(14-21(18)28-24)30-16-17-7-9-25-10-8-17/h2-6,11-15,17,25H,7-10,16H2,1H3. The number of nitrogens with one attached hydrogen (secondary N) is 1. The highest BCUT2D eigenvalue weighted by molar-refractivity contribution is 7.13. The van der Waals surface area contributed by atoms with E-state index in [-0.39, 0.29) is 0 Å². The van der Waals surface area contributed by atoms with Gasteiger partial charge in [-0.15, -0.1) is 11.3 Å². The zero-order valence-corrected chi connectivity index (χ0v) is 18.3. The molecule has 4 aromatic rings. The van der Waals surface area contributed by atoms with Crippen LogP contribution in [0.4, 0.5) is 11.6 Å². The molecule has 6 nitrogen and oxygen atoms in total. The van der Waals surface area contributed by atoms with Crippen molar-refractivity contribution in [1.82, 2.24) is 20.3 Å². The number of fused-ring (bicyclic) bond motifs is 1. The van der Waals surface area contributed by atoms with Crippen LogP contribution in [0.25, 0.3) is 21.5 Å². The number of hydrogen-bond donors (Lipinski definition) is 1. The summed E-state index contributed by atoms with van der Waals surface area (Å²) in [7, 11) is 1.98. The van der Waals surface area contributed by atoms with E-state index in [0.29, 0.717) is 18.5 Å². The van der Waals surface area contributed by atoms with E-state index in [9.17, 15) is 0 Å². The van der Waals surface area contributed by atoms with Crippen LogP contribution >= 0.6 is 11.3 Å². The normalized spacial score (nSPS) is 14.6. The number of anilines is 2. The van der Waals surface area contributed by atoms with Crippen molar-refractivity contribution in [3.8, 4) is 16.3 Å². The van der Waals surface area contributed by atoms with Gasteiger partial charge in [-0.2, -0.15) is 0 Å². The van der Waals surface area contributed by atoms with Gasteiger partial charge in [0.1, 0.15) is 10.8 Å². The fourth-order valence-corrected chi connectivity index (χ4v) is 4.54. The largest absolute Gasteiger partial charge is 0.492 e. The molecular weight excluding hydrogens is 406 g/mol. The maximum absolute atomic E-state index is 6.36. The van der Waals surface area contributed by atoms with Crippen LogP contribution in [0.15, 0.2) is 60.2 Å². The molecule has 0 unspecified atom stereocenters. The summed E-state index contributed by atoms with van der Waals surface area (Å²) in [5, 5.41) is 7.33. The molecule has 1 aliphatic heterocycles. The van der Waals surface area contributed by atoms with Gasteiger partial charge in [0.25, 0.3) is 0 Å². The van der Waals surface area contributed by atoms with Crippen LogP contribution in [0.3, 0.4) is 0 Å². The van der Waals surface area contributed by atoms with Crippen molar-refractivity contribution < 1.29 is 4.74 Å². The van der Waals surface area contributed by atoms with E-state index in [2.05, 4.69) is 21.4 Å². The van der Waals surface area contributed by atoms with Gasteiger partial charge in [-0.05, 0) is 50.0 Å². The molecule has 2 aromatic carbocycles. The molecule has 3 heterocycles. The Labute approximate surface area is 185 Å². The van der Waals surface area contributed by atoms with E-state index in [1.54, 1.807) is 11.3 Å². The molecule has 31 heavy (non-hydrogen) atoms. The molecule has 5 rings (SSSR count). The molecule has 0 aliphatic carbocycles. The third-order valence-electron chi connectivity index (χ3n) is 5.71. The minimum Gasteiger partial charge on any atom is -0.492 e. The monoisotopic (exact) mass is 431 g/mol. The first-order valence-electron chi connectivity index (χ1n) is 10.6. The predicted octanol–water partition coefficient (Wildman–Crippen LogP) is 4.90. The fraction of sp³-hybridized carbons (Fsp3) is 0.292. The van der Waals surface area contributed by atoms with Gasteiger partial charge in [0.05, 0.1) is 17.7 Å². The number of ether oxygens (including phenoxy) is 1. The second-order valence-electron chi connectivity index (χ2n) is 7.81. The number of rotatable bonds is 6. The Bertz CT molecular complexity index is 1140. The highest BCUT2D eigenvalue weighted by atomic mass is 32.1. The molecule has 0 amide bonds. The van der Waals surface area contributed by atoms with Crippen molar-refractivity contribution in [2.24, 2.45) is 5.92 Å². The third kappa shape index (κ3) is 4.38. The Morgan fingerprint density at radius 2 is 1.97 bits per heavy atom. The van der Waals surface area contributed by atoms with Gasteiger partial charge in [-0.1, -0.05) is 18.2 Å². The molecular formula is C24H25N5OS. The van der Waals surface area contributed by atoms with Crippen molar-refractivity contribution >= 4 is 33.9 Å². The molecule has 2 aromatic heterocycles. The number of piperidine rings is 1. The molecule has 1 aliphatic rings. The number of aromatic nitrogens is 3. The van der Waals surface area contributed by atoms with Crippen LogP contribution in [0.2, 0.25) is 0 Å². The summed E-state index contributed by atoms with van der Waals surface area (Å²) >= 11 is 1.62. The Morgan fingerprint density at radius 1 is 1.13 bits per heavy atom. The maximum Gasteiger partial charge on any atom is 0.230 e. The number of nitrogens with zero attached hydrogens (tertiary/aromatic N) is 4. The number of thiazole rings is 1. The Balaban J connectivity index is 1.50. The molecule has 1 N–H and O–H groups in total. The minimum absolute atomic E-state index is 0.575. The Hall–Kier alpha value is -3.03. The van der Waals surface area contributed by atoms with E-state index in [1.165, 1.54) is 0 Å². The first kappa shape index (κ1) is 19.9. The van der Waals surface area contributed by atoms with Crippen LogP contribution in [-0.4, -0.2) is 41.7 Å². The van der Waals surface area contributed by atoms with Gasteiger partial charge in [0.15, 0.2) is 0 Å². The lowest BCUT2D eigenvalue weighted by Gasteiger charge is -2.23. The average Bonchev–Trinajstić information content (AvgIpc) is 3.37. The summed E-state index contributed by atoms with van der Waals surface area (Å²) in [6, 6.07) is 14.3. The average molecular weight is 432 g/mol. The number of hydrogen-bond acceptors (Lipinski definition) is 7. The molecule has 0 atom stereocenters. The SMILES string of the molecule is CN(c1ccccc1)c1ncc2cc(-c3nccs3)c(OCC3CCNCC3)cc2n1. The van der Waals surface area contributed by atoms with Crippen LogP contribution in [-0.2, 0) is 0 Å². The molecule has 1 fully saturated rings. The zero-order valence-electron chi connectivity index (χ0n) is 17.5. The summed E-state index contributed by atoms with van der Waals surface area (Å²) in [4.78, 5) is 15.9. The predicted molar refractivity (Wildman–Crippen MR) is 126 cm³/mol. The maximum atomic E-state index is 6.36. The first-order chi connectivity index (χ1) is 15.3. The van der Waals surface area contributed by atoms with Gasteiger partial charge in [-0.25, -0.2) is 15.0 Å². The Kier molecular flexibility index (Phi) is 5.78. The molecule has 1 saturated heterocycles. The van der Waals surface area contributed by atoms with Gasteiger partial charge in [0, 0.05) is 42.0 Å². The van der Waals surface area contributed by atoms with Gasteiger partial charge in [0.2, 0.25) is 5.95 Å². The van der Waals surface area contributed by atoms with Crippen LogP contribution in [0, 0.1) is 5.92 Å². The van der Waals surface area contributed by atoms with Crippen LogP contribution in [0.5, 0.6) is 5.75 Å².